The van der Waals surface area contributed by atoms with Gasteiger partial charge in [0.25, 0.3) is 0 Å². The molecule has 2 heterocycles. The smallest absolute Gasteiger partial charge is 0.146 e. The third kappa shape index (κ3) is 7.27. The van der Waals surface area contributed by atoms with Crippen LogP contribution in [-0.4, -0.2) is 25.5 Å². The van der Waals surface area contributed by atoms with Crippen LogP contribution >= 0.6 is 0 Å². The molecule has 0 aromatic carbocycles. The Morgan fingerprint density at radius 1 is 0.846 bits per heavy atom. The van der Waals surface area contributed by atoms with Gasteiger partial charge in [-0.15, -0.1) is 0 Å². The molecule has 1 saturated heterocycles. The molecule has 0 unspecified atom stereocenters. The van der Waals surface area contributed by atoms with Gasteiger partial charge in [0.05, 0.1) is 13.2 Å². The highest BCUT2D eigenvalue weighted by molar-refractivity contribution is 5.14. The van der Waals surface area contributed by atoms with Gasteiger partial charge in [-0.3, -0.25) is 0 Å². The molecule has 2 aliphatic rings. The summed E-state index contributed by atoms with van der Waals surface area (Å²) in [6.45, 7) is 2.06. The lowest BCUT2D eigenvalue weighted by atomic mass is 10.5. The third-order valence-electron chi connectivity index (χ3n) is 1.26. The Labute approximate surface area is 77.8 Å². The Bertz CT molecular complexity index is 162. The standard InChI is InChI=1S/C6H7N.C3H6O2.H2O/c1-2-4-6-7-5-3-1;1-2-5-3-4-1;/h1-7H;1-3H2;1H2. The predicted molar refractivity (Wildman–Crippen MR) is 50.9 cm³/mol. The van der Waals surface area contributed by atoms with E-state index in [1.165, 1.54) is 0 Å². The van der Waals surface area contributed by atoms with Gasteiger partial charge in [0, 0.05) is 12.4 Å². The van der Waals surface area contributed by atoms with E-state index in [0.29, 0.717) is 6.79 Å². The van der Waals surface area contributed by atoms with E-state index in [1.54, 1.807) is 0 Å². The number of nitrogens with one attached hydrogen (secondary N) is 1. The summed E-state index contributed by atoms with van der Waals surface area (Å²) in [6.07, 6.45) is 11.6. The summed E-state index contributed by atoms with van der Waals surface area (Å²) in [5.41, 5.74) is 0. The van der Waals surface area contributed by atoms with Crippen molar-refractivity contribution in [3.8, 4) is 0 Å². The molecular formula is C9H15NO3. The Morgan fingerprint density at radius 3 is 1.77 bits per heavy atom. The van der Waals surface area contributed by atoms with Crippen LogP contribution < -0.4 is 5.32 Å². The average Bonchev–Trinajstić information content (AvgIpc) is 2.54. The molecule has 2 rings (SSSR count). The van der Waals surface area contributed by atoms with E-state index >= 15 is 0 Å². The van der Waals surface area contributed by atoms with E-state index < -0.39 is 0 Å². The normalized spacial score (nSPS) is 17.8. The first kappa shape index (κ1) is 11.9. The molecule has 0 bridgehead atoms. The molecule has 3 N–H and O–H groups in total. The predicted octanol–water partition coefficient (Wildman–Crippen LogP) is 0.339. The Balaban J connectivity index is 0.000000215. The fourth-order valence-electron chi connectivity index (χ4n) is 0.701. The van der Waals surface area contributed by atoms with Crippen LogP contribution in [0.25, 0.3) is 0 Å². The largest absolute Gasteiger partial charge is 0.412 e. The summed E-state index contributed by atoms with van der Waals surface area (Å²) in [4.78, 5) is 0. The van der Waals surface area contributed by atoms with Crippen LogP contribution in [0.4, 0.5) is 0 Å². The minimum absolute atomic E-state index is 0. The minimum atomic E-state index is 0. The maximum Gasteiger partial charge on any atom is 0.146 e. The van der Waals surface area contributed by atoms with Gasteiger partial charge in [-0.05, 0) is 12.2 Å². The zero-order valence-electron chi connectivity index (χ0n) is 7.40. The lowest BCUT2D eigenvalue weighted by molar-refractivity contribution is 0.0692. The molecule has 0 aromatic rings. The van der Waals surface area contributed by atoms with Crippen LogP contribution in [0.15, 0.2) is 36.7 Å². The quantitative estimate of drug-likeness (QED) is 0.592. The van der Waals surface area contributed by atoms with Crippen molar-refractivity contribution in [2.75, 3.05) is 20.0 Å². The second-order valence-corrected chi connectivity index (χ2v) is 2.20. The fraction of sp³-hybridized carbons (Fsp3) is 0.333. The molecule has 0 aliphatic carbocycles. The van der Waals surface area contributed by atoms with Gasteiger partial charge < -0.3 is 20.3 Å². The van der Waals surface area contributed by atoms with Crippen molar-refractivity contribution in [1.82, 2.24) is 5.32 Å². The van der Waals surface area contributed by atoms with Crippen molar-refractivity contribution in [2.45, 2.75) is 0 Å². The van der Waals surface area contributed by atoms with E-state index in [1.807, 2.05) is 36.7 Å². The van der Waals surface area contributed by atoms with E-state index in [0.717, 1.165) is 13.2 Å². The van der Waals surface area contributed by atoms with E-state index in [2.05, 4.69) is 5.32 Å². The molecule has 4 heteroatoms. The Kier molecular flexibility index (Phi) is 8.23. The Morgan fingerprint density at radius 2 is 1.38 bits per heavy atom. The van der Waals surface area contributed by atoms with Crippen molar-refractivity contribution in [3.63, 3.8) is 0 Å². The van der Waals surface area contributed by atoms with E-state index in [4.69, 9.17) is 9.47 Å². The van der Waals surface area contributed by atoms with Gasteiger partial charge in [-0.1, -0.05) is 12.2 Å². The molecule has 0 amide bonds. The van der Waals surface area contributed by atoms with Gasteiger partial charge in [-0.2, -0.15) is 0 Å². The summed E-state index contributed by atoms with van der Waals surface area (Å²) in [5, 5.41) is 2.92. The second kappa shape index (κ2) is 8.99. The molecule has 1 fully saturated rings. The molecule has 4 nitrogen and oxygen atoms in total. The first-order chi connectivity index (χ1) is 6.00. The van der Waals surface area contributed by atoms with Gasteiger partial charge in [0.15, 0.2) is 0 Å². The number of rotatable bonds is 0. The summed E-state index contributed by atoms with van der Waals surface area (Å²) in [7, 11) is 0. The van der Waals surface area contributed by atoms with E-state index in [-0.39, 0.29) is 5.48 Å². The minimum Gasteiger partial charge on any atom is -0.412 e. The summed E-state index contributed by atoms with van der Waals surface area (Å²) < 4.78 is 9.44. The van der Waals surface area contributed by atoms with Crippen molar-refractivity contribution >= 4 is 0 Å². The van der Waals surface area contributed by atoms with Gasteiger partial charge in [0.2, 0.25) is 0 Å². The van der Waals surface area contributed by atoms with Crippen LogP contribution in [0, 0.1) is 0 Å². The Hall–Kier alpha value is -1.10. The molecule has 0 saturated carbocycles. The zero-order valence-corrected chi connectivity index (χ0v) is 7.40. The van der Waals surface area contributed by atoms with Crippen molar-refractivity contribution in [1.29, 1.82) is 0 Å². The molecule has 0 radical (unpaired) electrons. The molecule has 74 valence electrons. The number of hydrogen-bond acceptors (Lipinski definition) is 3. The van der Waals surface area contributed by atoms with Crippen LogP contribution in [0.2, 0.25) is 0 Å². The highest BCUT2D eigenvalue weighted by Gasteiger charge is 1.93. The second-order valence-electron chi connectivity index (χ2n) is 2.20. The summed E-state index contributed by atoms with van der Waals surface area (Å²) in [6, 6.07) is 0. The fourth-order valence-corrected chi connectivity index (χ4v) is 0.701. The maximum atomic E-state index is 4.72. The monoisotopic (exact) mass is 185 g/mol. The number of allylic oxidation sites excluding steroid dienone is 4. The highest BCUT2D eigenvalue weighted by Crippen LogP contribution is 1.85. The summed E-state index contributed by atoms with van der Waals surface area (Å²) >= 11 is 0. The SMILES string of the molecule is C1=CC=CNC=C1.C1COCO1.O. The highest BCUT2D eigenvalue weighted by atomic mass is 16.7. The molecule has 0 spiro atoms. The average molecular weight is 185 g/mol. The third-order valence-corrected chi connectivity index (χ3v) is 1.26. The first-order valence-electron chi connectivity index (χ1n) is 3.90. The topological polar surface area (TPSA) is 62.0 Å². The number of ether oxygens (including phenoxy) is 2. The van der Waals surface area contributed by atoms with E-state index in [9.17, 15) is 0 Å². The van der Waals surface area contributed by atoms with Crippen molar-refractivity contribution in [2.24, 2.45) is 0 Å². The van der Waals surface area contributed by atoms with Gasteiger partial charge >= 0.3 is 0 Å². The lowest BCUT2D eigenvalue weighted by Crippen LogP contribution is -1.87. The van der Waals surface area contributed by atoms with Crippen LogP contribution in [0.1, 0.15) is 0 Å². The zero-order chi connectivity index (χ0) is 8.49. The van der Waals surface area contributed by atoms with Gasteiger partial charge in [0.1, 0.15) is 6.79 Å². The lowest BCUT2D eigenvalue weighted by Gasteiger charge is -1.79. The molecular weight excluding hydrogens is 170 g/mol. The van der Waals surface area contributed by atoms with Gasteiger partial charge in [-0.25, -0.2) is 0 Å². The number of hydrogen-bond donors (Lipinski definition) is 1. The van der Waals surface area contributed by atoms with Crippen LogP contribution in [0.3, 0.4) is 0 Å². The van der Waals surface area contributed by atoms with Crippen molar-refractivity contribution in [3.05, 3.63) is 36.7 Å². The molecule has 0 aromatic heterocycles. The van der Waals surface area contributed by atoms with Crippen molar-refractivity contribution < 1.29 is 14.9 Å². The maximum absolute atomic E-state index is 4.72. The summed E-state index contributed by atoms with van der Waals surface area (Å²) in [5.74, 6) is 0. The molecule has 13 heavy (non-hydrogen) atoms. The molecule has 2 aliphatic heterocycles. The van der Waals surface area contributed by atoms with Crippen LogP contribution in [0.5, 0.6) is 0 Å². The van der Waals surface area contributed by atoms with Crippen LogP contribution in [-0.2, 0) is 9.47 Å². The molecule has 0 atom stereocenters. The first-order valence-corrected chi connectivity index (χ1v) is 3.90.